The third kappa shape index (κ3) is 4.98. The molecule has 3 aromatic carbocycles. The lowest BCUT2D eigenvalue weighted by atomic mass is 9.97. The van der Waals surface area contributed by atoms with Gasteiger partial charge in [0.15, 0.2) is 0 Å². The van der Waals surface area contributed by atoms with Crippen molar-refractivity contribution in [3.8, 4) is 16.9 Å². The smallest absolute Gasteiger partial charge is 0.355 e. The standard InChI is InChI=1S/C35H37N3O4/c1-5-40-35(39)34-28(18-12-22-42-30-19-10-14-25-13-6-7-15-26(25)30)27-16-11-17-29-31-23(2)37(4)36-32(31)24(3)41-21-9-8-20-38(34)33(27)29/h6-11,13-17,19,24H,5,12,18,20-22H2,1-4H3/b9-8-. The van der Waals surface area contributed by atoms with Crippen molar-refractivity contribution in [2.75, 3.05) is 19.8 Å². The minimum Gasteiger partial charge on any atom is -0.493 e. The number of aryl methyl sites for hydroxylation is 2. The topological polar surface area (TPSA) is 67.5 Å². The molecule has 1 aliphatic heterocycles. The second kappa shape index (κ2) is 11.9. The molecule has 42 heavy (non-hydrogen) atoms. The normalized spacial score (nSPS) is 15.8. The summed E-state index contributed by atoms with van der Waals surface area (Å²) in [5.74, 6) is 0.569. The fourth-order valence-electron chi connectivity index (χ4n) is 6.08. The van der Waals surface area contributed by atoms with Crippen LogP contribution in [0.4, 0.5) is 0 Å². The van der Waals surface area contributed by atoms with Crippen LogP contribution < -0.4 is 4.74 Å². The average molecular weight is 564 g/mol. The molecule has 0 radical (unpaired) electrons. The number of ether oxygens (including phenoxy) is 3. The SMILES string of the molecule is CCOC(=O)c1c(CCCOc2cccc3ccccc23)c2cccc3c2n1C/C=C\COC(C)c1nn(C)c(C)c1-3. The predicted octanol–water partition coefficient (Wildman–Crippen LogP) is 7.34. The number of hydrogen-bond donors (Lipinski definition) is 0. The molecule has 0 spiro atoms. The van der Waals surface area contributed by atoms with Crippen LogP contribution in [0.2, 0.25) is 0 Å². The number of aromatic nitrogens is 3. The van der Waals surface area contributed by atoms with Gasteiger partial charge in [0.2, 0.25) is 0 Å². The van der Waals surface area contributed by atoms with Gasteiger partial charge in [0.05, 0.1) is 37.1 Å². The van der Waals surface area contributed by atoms with Crippen LogP contribution in [0.3, 0.4) is 0 Å². The summed E-state index contributed by atoms with van der Waals surface area (Å²) in [6.07, 6.45) is 5.31. The van der Waals surface area contributed by atoms with Gasteiger partial charge in [0.25, 0.3) is 0 Å². The lowest BCUT2D eigenvalue weighted by molar-refractivity contribution is 0.0513. The number of para-hydroxylation sites is 1. The Morgan fingerprint density at radius 3 is 2.69 bits per heavy atom. The van der Waals surface area contributed by atoms with E-state index in [1.807, 2.05) is 55.9 Å². The van der Waals surface area contributed by atoms with Crippen LogP contribution in [0.1, 0.15) is 53.8 Å². The minimum atomic E-state index is -0.305. The third-order valence-corrected chi connectivity index (χ3v) is 8.15. The first kappa shape index (κ1) is 27.8. The Morgan fingerprint density at radius 2 is 1.83 bits per heavy atom. The van der Waals surface area contributed by atoms with E-state index in [0.717, 1.165) is 61.9 Å². The van der Waals surface area contributed by atoms with Crippen molar-refractivity contribution < 1.29 is 19.0 Å². The number of nitrogens with zero attached hydrogens (tertiary/aromatic N) is 3. The van der Waals surface area contributed by atoms with E-state index in [0.29, 0.717) is 38.5 Å². The summed E-state index contributed by atoms with van der Waals surface area (Å²) < 4.78 is 22.1. The largest absolute Gasteiger partial charge is 0.493 e. The fourth-order valence-corrected chi connectivity index (χ4v) is 6.08. The zero-order chi connectivity index (χ0) is 29.2. The summed E-state index contributed by atoms with van der Waals surface area (Å²) in [5.41, 5.74) is 6.65. The summed E-state index contributed by atoms with van der Waals surface area (Å²) in [6, 6.07) is 20.7. The van der Waals surface area contributed by atoms with E-state index in [1.165, 1.54) is 0 Å². The van der Waals surface area contributed by atoms with Gasteiger partial charge in [0.1, 0.15) is 11.4 Å². The highest BCUT2D eigenvalue weighted by molar-refractivity contribution is 6.05. The maximum absolute atomic E-state index is 13.6. The van der Waals surface area contributed by atoms with Crippen LogP contribution in [0, 0.1) is 6.92 Å². The van der Waals surface area contributed by atoms with Gasteiger partial charge in [0, 0.05) is 41.2 Å². The van der Waals surface area contributed by atoms with E-state index in [2.05, 4.69) is 54.0 Å². The van der Waals surface area contributed by atoms with Crippen molar-refractivity contribution in [3.63, 3.8) is 0 Å². The quantitative estimate of drug-likeness (QED) is 0.118. The molecule has 1 atom stereocenters. The average Bonchev–Trinajstić information content (AvgIpc) is 3.47. The molecule has 0 amide bonds. The van der Waals surface area contributed by atoms with Gasteiger partial charge in [-0.25, -0.2) is 4.79 Å². The zero-order valence-corrected chi connectivity index (χ0v) is 24.7. The van der Waals surface area contributed by atoms with Crippen LogP contribution >= 0.6 is 0 Å². The molecule has 6 rings (SSSR count). The number of hydrogen-bond acceptors (Lipinski definition) is 5. The van der Waals surface area contributed by atoms with Gasteiger partial charge in [-0.2, -0.15) is 5.10 Å². The molecule has 0 fully saturated rings. The molecule has 5 aromatic rings. The Kier molecular flexibility index (Phi) is 7.85. The Morgan fingerprint density at radius 1 is 1.05 bits per heavy atom. The van der Waals surface area contributed by atoms with E-state index in [-0.39, 0.29) is 12.1 Å². The summed E-state index contributed by atoms with van der Waals surface area (Å²) in [7, 11) is 1.96. The van der Waals surface area contributed by atoms with Crippen LogP contribution in [-0.4, -0.2) is 40.1 Å². The van der Waals surface area contributed by atoms with Gasteiger partial charge in [-0.1, -0.05) is 66.7 Å². The number of fused-ring (bicyclic) bond motifs is 3. The lowest BCUT2D eigenvalue weighted by Crippen LogP contribution is -2.14. The third-order valence-electron chi connectivity index (χ3n) is 8.15. The summed E-state index contributed by atoms with van der Waals surface area (Å²) in [6.45, 7) is 7.81. The molecule has 7 nitrogen and oxygen atoms in total. The van der Waals surface area contributed by atoms with Crippen molar-refractivity contribution >= 4 is 27.6 Å². The maximum Gasteiger partial charge on any atom is 0.355 e. The predicted molar refractivity (Wildman–Crippen MR) is 166 cm³/mol. The number of carbonyl (C=O) groups excluding carboxylic acids is 1. The highest BCUT2D eigenvalue weighted by atomic mass is 16.5. The van der Waals surface area contributed by atoms with Crippen LogP contribution in [0.25, 0.3) is 32.8 Å². The monoisotopic (exact) mass is 563 g/mol. The molecule has 2 aromatic heterocycles. The number of esters is 1. The molecular weight excluding hydrogens is 526 g/mol. The summed E-state index contributed by atoms with van der Waals surface area (Å²) in [5, 5.41) is 8.16. The van der Waals surface area contributed by atoms with Crippen LogP contribution in [0.15, 0.2) is 72.8 Å². The Hall–Kier alpha value is -4.36. The van der Waals surface area contributed by atoms with E-state index < -0.39 is 0 Å². The molecule has 1 aliphatic rings. The molecule has 0 N–H and O–H groups in total. The van der Waals surface area contributed by atoms with Crippen molar-refractivity contribution in [1.82, 2.24) is 14.3 Å². The van der Waals surface area contributed by atoms with Gasteiger partial charge in [-0.15, -0.1) is 0 Å². The van der Waals surface area contributed by atoms with Crippen molar-refractivity contribution in [1.29, 1.82) is 0 Å². The summed E-state index contributed by atoms with van der Waals surface area (Å²) >= 11 is 0. The van der Waals surface area contributed by atoms with Crippen molar-refractivity contribution in [3.05, 3.63) is 95.5 Å². The number of rotatable bonds is 7. The van der Waals surface area contributed by atoms with E-state index in [9.17, 15) is 4.79 Å². The first-order valence-electron chi connectivity index (χ1n) is 14.7. The Bertz CT molecular complexity index is 1790. The highest BCUT2D eigenvalue weighted by Crippen LogP contribution is 2.40. The molecule has 3 heterocycles. The van der Waals surface area contributed by atoms with Gasteiger partial charge in [-0.3, -0.25) is 4.68 Å². The first-order valence-corrected chi connectivity index (χ1v) is 14.7. The molecule has 0 saturated heterocycles. The number of benzene rings is 3. The Labute approximate surface area is 246 Å². The maximum atomic E-state index is 13.6. The van der Waals surface area contributed by atoms with E-state index >= 15 is 0 Å². The van der Waals surface area contributed by atoms with Crippen molar-refractivity contribution in [2.45, 2.75) is 46.3 Å². The highest BCUT2D eigenvalue weighted by Gasteiger charge is 2.28. The zero-order valence-electron chi connectivity index (χ0n) is 24.7. The second-order valence-corrected chi connectivity index (χ2v) is 10.7. The number of carbonyl (C=O) groups is 1. The summed E-state index contributed by atoms with van der Waals surface area (Å²) in [4.78, 5) is 13.6. The lowest BCUT2D eigenvalue weighted by Gasteiger charge is -2.14. The van der Waals surface area contributed by atoms with Crippen LogP contribution in [0.5, 0.6) is 5.75 Å². The van der Waals surface area contributed by atoms with Gasteiger partial charge < -0.3 is 18.8 Å². The Balaban J connectivity index is 1.44. The molecule has 7 heteroatoms. The molecule has 0 saturated carbocycles. The van der Waals surface area contributed by atoms with Gasteiger partial charge in [-0.05, 0) is 50.6 Å². The molecule has 0 aliphatic carbocycles. The molecular formula is C35H37N3O4. The van der Waals surface area contributed by atoms with Crippen molar-refractivity contribution in [2.24, 2.45) is 7.05 Å². The second-order valence-electron chi connectivity index (χ2n) is 10.7. The first-order chi connectivity index (χ1) is 20.5. The minimum absolute atomic E-state index is 0.184. The fraction of sp³-hybridized carbons (Fsp3) is 0.314. The molecule has 0 bridgehead atoms. The number of allylic oxidation sites excluding steroid dienone is 1. The van der Waals surface area contributed by atoms with E-state index in [1.54, 1.807) is 0 Å². The van der Waals surface area contributed by atoms with E-state index in [4.69, 9.17) is 19.3 Å². The molecule has 216 valence electrons. The van der Waals surface area contributed by atoms with Gasteiger partial charge >= 0.3 is 5.97 Å². The molecule has 1 unspecified atom stereocenters. The van der Waals surface area contributed by atoms with Crippen LogP contribution in [-0.2, 0) is 29.5 Å².